The molecule has 1 aromatic rings. The van der Waals surface area contributed by atoms with Crippen molar-refractivity contribution < 1.29 is 5.11 Å². The first-order valence-corrected chi connectivity index (χ1v) is 5.57. The Kier molecular flexibility index (Phi) is 5.22. The summed E-state index contributed by atoms with van der Waals surface area (Å²) in [4.78, 5) is 6.31. The van der Waals surface area contributed by atoms with Crippen LogP contribution in [0.2, 0.25) is 0 Å². The van der Waals surface area contributed by atoms with Crippen LogP contribution in [0.1, 0.15) is 12.5 Å². The van der Waals surface area contributed by atoms with E-state index in [0.29, 0.717) is 5.92 Å². The number of aliphatic hydroxyl groups excluding tert-OH is 1. The zero-order chi connectivity index (χ0) is 12.0. The van der Waals surface area contributed by atoms with Crippen molar-refractivity contribution in [1.29, 1.82) is 0 Å². The predicted octanol–water partition coefficient (Wildman–Crippen LogP) is 0.866. The summed E-state index contributed by atoms with van der Waals surface area (Å²) in [5.41, 5.74) is 1.16. The third-order valence-electron chi connectivity index (χ3n) is 2.40. The molecule has 0 aromatic carbocycles. The van der Waals surface area contributed by atoms with Crippen LogP contribution >= 0.6 is 0 Å². The van der Waals surface area contributed by atoms with E-state index in [0.717, 1.165) is 24.5 Å². The van der Waals surface area contributed by atoms with Crippen molar-refractivity contribution >= 4 is 5.82 Å². The van der Waals surface area contributed by atoms with Crippen LogP contribution in [0.5, 0.6) is 0 Å². The van der Waals surface area contributed by atoms with E-state index >= 15 is 0 Å². The van der Waals surface area contributed by atoms with Crippen molar-refractivity contribution in [1.82, 2.24) is 10.3 Å². The van der Waals surface area contributed by atoms with Crippen molar-refractivity contribution in [3.63, 3.8) is 0 Å². The smallest absolute Gasteiger partial charge is 0.127 e. The Morgan fingerprint density at radius 3 is 2.69 bits per heavy atom. The van der Waals surface area contributed by atoms with Crippen LogP contribution in [0, 0.1) is 5.92 Å². The predicted molar refractivity (Wildman–Crippen MR) is 66.5 cm³/mol. The molecule has 1 atom stereocenters. The summed E-state index contributed by atoms with van der Waals surface area (Å²) in [6, 6.07) is 4.07. The van der Waals surface area contributed by atoms with Gasteiger partial charge in [0.1, 0.15) is 5.82 Å². The lowest BCUT2D eigenvalue weighted by atomic mass is 10.2. The molecule has 0 bridgehead atoms. The highest BCUT2D eigenvalue weighted by Crippen LogP contribution is 2.07. The molecule has 0 saturated heterocycles. The number of nitrogens with one attached hydrogen (secondary N) is 1. The van der Waals surface area contributed by atoms with E-state index in [9.17, 15) is 0 Å². The SMILES string of the molecule is CC(CO)CNCc1ccc(N(C)C)nc1. The van der Waals surface area contributed by atoms with E-state index in [1.54, 1.807) is 0 Å². The fourth-order valence-electron chi connectivity index (χ4n) is 1.31. The molecule has 2 N–H and O–H groups in total. The normalized spacial score (nSPS) is 12.5. The van der Waals surface area contributed by atoms with Crippen LogP contribution in [-0.4, -0.2) is 37.3 Å². The molecule has 1 rings (SSSR count). The minimum atomic E-state index is 0.227. The van der Waals surface area contributed by atoms with Gasteiger partial charge in [0.2, 0.25) is 0 Å². The molecule has 0 radical (unpaired) electrons. The standard InChI is InChI=1S/C12H21N3O/c1-10(9-16)6-13-7-11-4-5-12(14-8-11)15(2)3/h4-5,8,10,13,16H,6-7,9H2,1-3H3. The molecule has 1 heterocycles. The highest BCUT2D eigenvalue weighted by molar-refractivity contribution is 5.37. The first-order chi connectivity index (χ1) is 7.63. The Bertz CT molecular complexity index is 298. The molecule has 0 aliphatic heterocycles. The maximum atomic E-state index is 8.87. The monoisotopic (exact) mass is 223 g/mol. The van der Waals surface area contributed by atoms with Gasteiger partial charge in [0.25, 0.3) is 0 Å². The molecule has 0 aliphatic rings. The highest BCUT2D eigenvalue weighted by atomic mass is 16.3. The maximum Gasteiger partial charge on any atom is 0.127 e. The lowest BCUT2D eigenvalue weighted by Crippen LogP contribution is -2.22. The number of anilines is 1. The molecule has 0 aliphatic carbocycles. The van der Waals surface area contributed by atoms with Crippen LogP contribution < -0.4 is 10.2 Å². The minimum Gasteiger partial charge on any atom is -0.396 e. The Hall–Kier alpha value is -1.13. The van der Waals surface area contributed by atoms with Crippen LogP contribution in [0.4, 0.5) is 5.82 Å². The molecule has 4 nitrogen and oxygen atoms in total. The molecular formula is C12H21N3O. The molecule has 0 amide bonds. The summed E-state index contributed by atoms with van der Waals surface area (Å²) < 4.78 is 0. The van der Waals surface area contributed by atoms with Crippen molar-refractivity contribution in [2.75, 3.05) is 32.1 Å². The largest absolute Gasteiger partial charge is 0.396 e. The van der Waals surface area contributed by atoms with E-state index in [4.69, 9.17) is 5.11 Å². The zero-order valence-electron chi connectivity index (χ0n) is 10.3. The third kappa shape index (κ3) is 4.16. The number of aromatic nitrogens is 1. The molecule has 16 heavy (non-hydrogen) atoms. The molecule has 1 aromatic heterocycles. The summed E-state index contributed by atoms with van der Waals surface area (Å²) in [6.07, 6.45) is 1.88. The lowest BCUT2D eigenvalue weighted by molar-refractivity contribution is 0.233. The Morgan fingerprint density at radius 2 is 2.19 bits per heavy atom. The summed E-state index contributed by atoms with van der Waals surface area (Å²) in [7, 11) is 3.95. The van der Waals surface area contributed by atoms with E-state index in [1.165, 1.54) is 0 Å². The molecule has 0 fully saturated rings. The van der Waals surface area contributed by atoms with Gasteiger partial charge >= 0.3 is 0 Å². The van der Waals surface area contributed by atoms with E-state index in [1.807, 2.05) is 38.2 Å². The van der Waals surface area contributed by atoms with Crippen molar-refractivity contribution in [3.8, 4) is 0 Å². The number of aliphatic hydroxyl groups is 1. The van der Waals surface area contributed by atoms with Gasteiger partial charge in [-0.1, -0.05) is 13.0 Å². The Morgan fingerprint density at radius 1 is 1.44 bits per heavy atom. The van der Waals surface area contributed by atoms with Crippen molar-refractivity contribution in [3.05, 3.63) is 23.9 Å². The van der Waals surface area contributed by atoms with Crippen LogP contribution in [0.15, 0.2) is 18.3 Å². The van der Waals surface area contributed by atoms with Gasteiger partial charge < -0.3 is 15.3 Å². The zero-order valence-corrected chi connectivity index (χ0v) is 10.3. The van der Waals surface area contributed by atoms with E-state index in [2.05, 4.69) is 16.4 Å². The number of pyridine rings is 1. The second kappa shape index (κ2) is 6.45. The summed E-state index contributed by atoms with van der Waals surface area (Å²) >= 11 is 0. The molecular weight excluding hydrogens is 202 g/mol. The number of hydrogen-bond donors (Lipinski definition) is 2. The molecule has 0 spiro atoms. The first kappa shape index (κ1) is 12.9. The molecule has 1 unspecified atom stereocenters. The van der Waals surface area contributed by atoms with Gasteiger partial charge in [-0.05, 0) is 17.5 Å². The molecule has 0 saturated carbocycles. The topological polar surface area (TPSA) is 48.4 Å². The first-order valence-electron chi connectivity index (χ1n) is 5.57. The van der Waals surface area contributed by atoms with Gasteiger partial charge in [0, 0.05) is 40.0 Å². The number of nitrogens with zero attached hydrogens (tertiary/aromatic N) is 2. The number of hydrogen-bond acceptors (Lipinski definition) is 4. The van der Waals surface area contributed by atoms with Gasteiger partial charge in [-0.2, -0.15) is 0 Å². The van der Waals surface area contributed by atoms with Gasteiger partial charge in [-0.25, -0.2) is 4.98 Å². The minimum absolute atomic E-state index is 0.227. The van der Waals surface area contributed by atoms with Gasteiger partial charge in [-0.15, -0.1) is 0 Å². The second-order valence-corrected chi connectivity index (χ2v) is 4.34. The van der Waals surface area contributed by atoms with E-state index in [-0.39, 0.29) is 6.61 Å². The van der Waals surface area contributed by atoms with Crippen LogP contribution in [0.25, 0.3) is 0 Å². The number of rotatable bonds is 6. The fourth-order valence-corrected chi connectivity index (χ4v) is 1.31. The average molecular weight is 223 g/mol. The van der Waals surface area contributed by atoms with Crippen molar-refractivity contribution in [2.24, 2.45) is 5.92 Å². The van der Waals surface area contributed by atoms with Crippen molar-refractivity contribution in [2.45, 2.75) is 13.5 Å². The quantitative estimate of drug-likeness (QED) is 0.751. The van der Waals surface area contributed by atoms with Gasteiger partial charge in [-0.3, -0.25) is 0 Å². The fraction of sp³-hybridized carbons (Fsp3) is 0.583. The van der Waals surface area contributed by atoms with Gasteiger partial charge in [0.05, 0.1) is 0 Å². The van der Waals surface area contributed by atoms with Gasteiger partial charge in [0.15, 0.2) is 0 Å². The second-order valence-electron chi connectivity index (χ2n) is 4.34. The molecule has 4 heteroatoms. The summed E-state index contributed by atoms with van der Waals surface area (Å²) in [5.74, 6) is 1.27. The Labute approximate surface area is 97.3 Å². The third-order valence-corrected chi connectivity index (χ3v) is 2.40. The lowest BCUT2D eigenvalue weighted by Gasteiger charge is -2.12. The van der Waals surface area contributed by atoms with E-state index < -0.39 is 0 Å². The summed E-state index contributed by atoms with van der Waals surface area (Å²) in [6.45, 7) is 3.86. The van der Waals surface area contributed by atoms with Crippen LogP contribution in [0.3, 0.4) is 0 Å². The summed E-state index contributed by atoms with van der Waals surface area (Å²) in [5, 5.41) is 12.2. The Balaban J connectivity index is 2.38. The highest BCUT2D eigenvalue weighted by Gasteiger charge is 2.00. The van der Waals surface area contributed by atoms with Crippen LogP contribution in [-0.2, 0) is 6.54 Å². The maximum absolute atomic E-state index is 8.87. The average Bonchev–Trinajstić information content (AvgIpc) is 2.29. The molecule has 90 valence electrons.